The second kappa shape index (κ2) is 10.8. The Bertz CT molecular complexity index is 3110. The first-order valence-electron chi connectivity index (χ1n) is 17.2. The van der Waals surface area contributed by atoms with Gasteiger partial charge in [0.1, 0.15) is 11.2 Å². The number of hydrogen-bond donors (Lipinski definition) is 0. The molecule has 4 aromatic heterocycles. The monoisotopic (exact) mass is 649 g/mol. The Kier molecular flexibility index (Phi) is 5.89. The Morgan fingerprint density at radius 2 is 1.02 bits per heavy atom. The molecule has 0 aliphatic heterocycles. The summed E-state index contributed by atoms with van der Waals surface area (Å²) in [4.78, 5) is 21.0. The van der Waals surface area contributed by atoms with E-state index in [9.17, 15) is 0 Å². The van der Waals surface area contributed by atoms with Crippen LogP contribution >= 0.6 is 0 Å². The van der Waals surface area contributed by atoms with Gasteiger partial charge < -0.3 is 0 Å². The van der Waals surface area contributed by atoms with Gasteiger partial charge in [0.25, 0.3) is 0 Å². The Morgan fingerprint density at radius 1 is 0.392 bits per heavy atom. The summed E-state index contributed by atoms with van der Waals surface area (Å²) in [5, 5.41) is 11.5. The van der Waals surface area contributed by atoms with Gasteiger partial charge in [0.2, 0.25) is 0 Å². The summed E-state index contributed by atoms with van der Waals surface area (Å²) in [6, 6.07) is 55.3. The van der Waals surface area contributed by atoms with Gasteiger partial charge in [0, 0.05) is 38.9 Å². The van der Waals surface area contributed by atoms with Crippen molar-refractivity contribution in [1.82, 2.24) is 24.5 Å². The number of fused-ring (bicyclic) bond motifs is 12. The Balaban J connectivity index is 1.27. The topological polar surface area (TPSA) is 56.5 Å². The van der Waals surface area contributed by atoms with E-state index >= 15 is 0 Å². The van der Waals surface area contributed by atoms with Gasteiger partial charge in [-0.2, -0.15) is 0 Å². The van der Waals surface area contributed by atoms with Gasteiger partial charge in [-0.25, -0.2) is 19.9 Å². The first-order valence-corrected chi connectivity index (χ1v) is 17.2. The van der Waals surface area contributed by atoms with Crippen molar-refractivity contribution in [2.75, 3.05) is 0 Å². The summed E-state index contributed by atoms with van der Waals surface area (Å²) < 4.78 is 2.19. The lowest BCUT2D eigenvalue weighted by atomic mass is 9.93. The second-order valence-corrected chi connectivity index (χ2v) is 13.0. The molecule has 51 heavy (non-hydrogen) atoms. The fourth-order valence-corrected chi connectivity index (χ4v) is 7.88. The number of hydrogen-bond acceptors (Lipinski definition) is 4. The van der Waals surface area contributed by atoms with Gasteiger partial charge in [-0.1, -0.05) is 121 Å². The van der Waals surface area contributed by atoms with Crippen LogP contribution in [0.4, 0.5) is 0 Å². The molecule has 11 rings (SSSR count). The lowest BCUT2D eigenvalue weighted by molar-refractivity contribution is 1.06. The maximum atomic E-state index is 5.43. The molecule has 5 heteroatoms. The molecule has 11 aromatic rings. The van der Waals surface area contributed by atoms with Crippen LogP contribution in [0.2, 0.25) is 0 Å². The number of nitrogens with zero attached hydrogens (tertiary/aromatic N) is 5. The molecule has 0 saturated heterocycles. The van der Waals surface area contributed by atoms with Crippen molar-refractivity contribution in [2.45, 2.75) is 0 Å². The van der Waals surface area contributed by atoms with Crippen LogP contribution in [-0.4, -0.2) is 24.5 Å². The van der Waals surface area contributed by atoms with Crippen LogP contribution in [-0.2, 0) is 0 Å². The number of pyridine rings is 2. The molecule has 0 amide bonds. The van der Waals surface area contributed by atoms with E-state index in [0.29, 0.717) is 5.82 Å². The molecular weight excluding hydrogens is 623 g/mol. The van der Waals surface area contributed by atoms with Crippen LogP contribution < -0.4 is 0 Å². The molecule has 0 aliphatic rings. The molecule has 5 nitrogen and oxygen atoms in total. The summed E-state index contributed by atoms with van der Waals surface area (Å²) >= 11 is 0. The smallest absolute Gasteiger partial charge is 0.162 e. The van der Waals surface area contributed by atoms with Gasteiger partial charge in [-0.3, -0.25) is 4.57 Å². The predicted octanol–water partition coefficient (Wildman–Crippen LogP) is 11.5. The molecule has 0 aliphatic carbocycles. The van der Waals surface area contributed by atoms with Crippen LogP contribution in [0.5, 0.6) is 0 Å². The minimum atomic E-state index is 0.637. The van der Waals surface area contributed by atoms with Crippen molar-refractivity contribution in [1.29, 1.82) is 0 Å². The van der Waals surface area contributed by atoms with Crippen LogP contribution in [0.15, 0.2) is 164 Å². The van der Waals surface area contributed by atoms with E-state index in [1.807, 2.05) is 30.5 Å². The third-order valence-electron chi connectivity index (χ3n) is 10.2. The lowest BCUT2D eigenvalue weighted by Gasteiger charge is -2.15. The summed E-state index contributed by atoms with van der Waals surface area (Å²) in [6.07, 6.45) is 1.85. The van der Waals surface area contributed by atoms with Crippen molar-refractivity contribution in [3.8, 4) is 28.5 Å². The van der Waals surface area contributed by atoms with Crippen molar-refractivity contribution in [2.24, 2.45) is 0 Å². The number of para-hydroxylation sites is 1. The number of rotatable bonds is 3. The summed E-state index contributed by atoms with van der Waals surface area (Å²) in [7, 11) is 0. The van der Waals surface area contributed by atoms with Gasteiger partial charge >= 0.3 is 0 Å². The average molecular weight is 650 g/mol. The van der Waals surface area contributed by atoms with E-state index in [4.69, 9.17) is 19.9 Å². The predicted molar refractivity (Wildman–Crippen MR) is 210 cm³/mol. The average Bonchev–Trinajstić information content (AvgIpc) is 3.54. The molecule has 0 spiro atoms. The minimum absolute atomic E-state index is 0.637. The quantitative estimate of drug-likeness (QED) is 0.179. The fourth-order valence-electron chi connectivity index (χ4n) is 7.88. The molecule has 4 heterocycles. The van der Waals surface area contributed by atoms with Crippen LogP contribution in [0, 0.1) is 0 Å². The zero-order valence-corrected chi connectivity index (χ0v) is 27.3. The van der Waals surface area contributed by atoms with Crippen molar-refractivity contribution >= 4 is 76.1 Å². The largest absolute Gasteiger partial charge is 0.277 e. The summed E-state index contributed by atoms with van der Waals surface area (Å²) in [5.74, 6) is 1.41. The first kappa shape index (κ1) is 27.9. The van der Waals surface area contributed by atoms with E-state index in [2.05, 4.69) is 138 Å². The molecular formula is C46H27N5. The first-order chi connectivity index (χ1) is 25.3. The second-order valence-electron chi connectivity index (χ2n) is 13.0. The molecule has 0 unspecified atom stereocenters. The molecule has 0 bridgehead atoms. The Morgan fingerprint density at radius 3 is 1.80 bits per heavy atom. The van der Waals surface area contributed by atoms with Gasteiger partial charge in [0.15, 0.2) is 11.6 Å². The fraction of sp³-hybridized carbons (Fsp3) is 0. The standard InChI is InChI=1S/C46H27N5/c1-2-11-28(12-3-1)40-25-22-29-20-24-38-43(42(29)48-40)49-44(50-46(38)51-41-19-9-8-17-36(41)37-18-10-26-47-45(37)51)30-21-23-35-33-15-5-4-13-31(33)32-14-6-7-16-34(32)39(35)27-30/h1-27H. The van der Waals surface area contributed by atoms with E-state index in [1.54, 1.807) is 0 Å². The van der Waals surface area contributed by atoms with E-state index in [-0.39, 0.29) is 0 Å². The van der Waals surface area contributed by atoms with Crippen molar-refractivity contribution in [3.05, 3.63) is 164 Å². The highest BCUT2D eigenvalue weighted by molar-refractivity contribution is 6.25. The lowest BCUT2D eigenvalue weighted by Crippen LogP contribution is -2.04. The molecule has 0 fully saturated rings. The minimum Gasteiger partial charge on any atom is -0.277 e. The molecule has 0 radical (unpaired) electrons. The Hall–Kier alpha value is -6.98. The third-order valence-corrected chi connectivity index (χ3v) is 10.2. The maximum Gasteiger partial charge on any atom is 0.162 e. The molecule has 236 valence electrons. The van der Waals surface area contributed by atoms with Gasteiger partial charge in [0.05, 0.1) is 16.7 Å². The third kappa shape index (κ3) is 4.15. The highest BCUT2D eigenvalue weighted by atomic mass is 15.1. The zero-order chi connectivity index (χ0) is 33.5. The van der Waals surface area contributed by atoms with E-state index in [0.717, 1.165) is 66.4 Å². The maximum absolute atomic E-state index is 5.43. The highest BCUT2D eigenvalue weighted by Gasteiger charge is 2.20. The van der Waals surface area contributed by atoms with Crippen molar-refractivity contribution < 1.29 is 0 Å². The zero-order valence-electron chi connectivity index (χ0n) is 27.3. The van der Waals surface area contributed by atoms with Crippen LogP contribution in [0.1, 0.15) is 0 Å². The summed E-state index contributed by atoms with van der Waals surface area (Å²) in [6.45, 7) is 0. The highest BCUT2D eigenvalue weighted by Crippen LogP contribution is 2.39. The molecule has 0 N–H and O–H groups in total. The number of aromatic nitrogens is 5. The number of benzene rings is 7. The van der Waals surface area contributed by atoms with Gasteiger partial charge in [-0.15, -0.1) is 0 Å². The van der Waals surface area contributed by atoms with Crippen LogP contribution in [0.25, 0.3) is 105 Å². The molecule has 0 atom stereocenters. The summed E-state index contributed by atoms with van der Waals surface area (Å²) in [5.41, 5.74) is 6.44. The Labute approximate surface area is 292 Å². The van der Waals surface area contributed by atoms with Crippen LogP contribution in [0.3, 0.4) is 0 Å². The molecule has 0 saturated carbocycles. The van der Waals surface area contributed by atoms with Gasteiger partial charge in [-0.05, 0) is 68.7 Å². The molecule has 7 aromatic carbocycles. The normalized spacial score (nSPS) is 11.9. The SMILES string of the molecule is c1ccc(-c2ccc3ccc4c(-n5c6ccccc6c6cccnc65)nc(-c5ccc6c7ccccc7c7ccccc7c6c5)nc4c3n2)cc1. The van der Waals surface area contributed by atoms with E-state index in [1.165, 1.54) is 32.3 Å². The van der Waals surface area contributed by atoms with E-state index < -0.39 is 0 Å². The van der Waals surface area contributed by atoms with Crippen molar-refractivity contribution in [3.63, 3.8) is 0 Å².